The highest BCUT2D eigenvalue weighted by molar-refractivity contribution is 7.98. The SMILES string of the molecule is CCn1c(-c2ccc(C)cc2)cnc1SCc1nnc(-c2ccc([N+](=O)[O-])cc2)o1. The van der Waals surface area contributed by atoms with Gasteiger partial charge in [0.25, 0.3) is 5.69 Å². The summed E-state index contributed by atoms with van der Waals surface area (Å²) >= 11 is 1.52. The highest BCUT2D eigenvalue weighted by atomic mass is 32.2. The number of thioether (sulfide) groups is 1. The molecule has 0 radical (unpaired) electrons. The fourth-order valence-electron chi connectivity index (χ4n) is 3.01. The average Bonchev–Trinajstić information content (AvgIpc) is 3.39. The molecule has 2 aromatic heterocycles. The van der Waals surface area contributed by atoms with Crippen LogP contribution in [0.25, 0.3) is 22.7 Å². The van der Waals surface area contributed by atoms with Crippen molar-refractivity contribution in [2.24, 2.45) is 0 Å². The number of aromatic nitrogens is 4. The molecule has 4 aromatic rings. The molecule has 0 fully saturated rings. The Kier molecular flexibility index (Phi) is 5.62. The number of nitrogens with zero attached hydrogens (tertiary/aromatic N) is 5. The van der Waals surface area contributed by atoms with Crippen LogP contribution < -0.4 is 0 Å². The van der Waals surface area contributed by atoms with Gasteiger partial charge in [0, 0.05) is 24.2 Å². The van der Waals surface area contributed by atoms with Gasteiger partial charge in [-0.25, -0.2) is 4.98 Å². The number of aryl methyl sites for hydroxylation is 1. The normalized spacial score (nSPS) is 11.0. The molecule has 0 amide bonds. The van der Waals surface area contributed by atoms with E-state index < -0.39 is 4.92 Å². The Labute approximate surface area is 177 Å². The van der Waals surface area contributed by atoms with Gasteiger partial charge in [0.2, 0.25) is 11.8 Å². The van der Waals surface area contributed by atoms with Gasteiger partial charge in [-0.15, -0.1) is 10.2 Å². The van der Waals surface area contributed by atoms with Crippen LogP contribution >= 0.6 is 11.8 Å². The number of benzene rings is 2. The van der Waals surface area contributed by atoms with E-state index >= 15 is 0 Å². The van der Waals surface area contributed by atoms with Crippen molar-refractivity contribution in [1.29, 1.82) is 0 Å². The largest absolute Gasteiger partial charge is 0.420 e. The lowest BCUT2D eigenvalue weighted by atomic mass is 10.1. The molecule has 0 aliphatic rings. The maximum absolute atomic E-state index is 10.8. The molecule has 0 bridgehead atoms. The van der Waals surface area contributed by atoms with Gasteiger partial charge in [-0.2, -0.15) is 0 Å². The molecule has 8 nitrogen and oxygen atoms in total. The Morgan fingerprint density at radius 1 is 1.07 bits per heavy atom. The summed E-state index contributed by atoms with van der Waals surface area (Å²) in [5, 5.41) is 19.8. The summed E-state index contributed by atoms with van der Waals surface area (Å²) in [7, 11) is 0. The predicted octanol–water partition coefficient (Wildman–Crippen LogP) is 5.13. The minimum atomic E-state index is -0.444. The maximum Gasteiger partial charge on any atom is 0.269 e. The van der Waals surface area contributed by atoms with Gasteiger partial charge >= 0.3 is 0 Å². The predicted molar refractivity (Wildman–Crippen MR) is 114 cm³/mol. The zero-order valence-electron chi connectivity index (χ0n) is 16.5. The van der Waals surface area contributed by atoms with Crippen LogP contribution in [0.2, 0.25) is 0 Å². The Bertz CT molecular complexity index is 1170. The second-order valence-corrected chi connectivity index (χ2v) is 7.57. The van der Waals surface area contributed by atoms with Crippen LogP contribution in [0.4, 0.5) is 5.69 Å². The average molecular weight is 421 g/mol. The van der Waals surface area contributed by atoms with Crippen LogP contribution in [0.3, 0.4) is 0 Å². The van der Waals surface area contributed by atoms with Crippen molar-refractivity contribution in [2.45, 2.75) is 31.3 Å². The van der Waals surface area contributed by atoms with E-state index in [1.54, 1.807) is 12.1 Å². The molecule has 0 saturated heterocycles. The van der Waals surface area contributed by atoms with E-state index in [-0.39, 0.29) is 5.69 Å². The van der Waals surface area contributed by atoms with Crippen molar-refractivity contribution in [3.63, 3.8) is 0 Å². The second-order valence-electron chi connectivity index (χ2n) is 6.63. The standard InChI is InChI=1S/C21H19N5O3S/c1-3-25-18(15-6-4-14(2)5-7-15)12-22-21(25)30-13-19-23-24-20(29-19)16-8-10-17(11-9-16)26(27)28/h4-12H,3,13H2,1-2H3. The number of nitro benzene ring substituents is 1. The van der Waals surface area contributed by atoms with E-state index in [1.807, 2.05) is 6.20 Å². The van der Waals surface area contributed by atoms with Crippen molar-refractivity contribution >= 4 is 17.4 Å². The quantitative estimate of drug-likeness (QED) is 0.232. The molecule has 2 aromatic carbocycles. The summed E-state index contributed by atoms with van der Waals surface area (Å²) in [6.07, 6.45) is 1.88. The fraction of sp³-hybridized carbons (Fsp3) is 0.190. The molecule has 0 atom stereocenters. The summed E-state index contributed by atoms with van der Waals surface area (Å²) in [6, 6.07) is 14.4. The molecule has 152 valence electrons. The van der Waals surface area contributed by atoms with E-state index in [4.69, 9.17) is 4.42 Å². The number of rotatable bonds is 7. The topological polar surface area (TPSA) is 99.9 Å². The number of non-ortho nitro benzene ring substituents is 1. The third kappa shape index (κ3) is 4.11. The van der Waals surface area contributed by atoms with Gasteiger partial charge in [-0.1, -0.05) is 41.6 Å². The van der Waals surface area contributed by atoms with Crippen LogP contribution in [0.15, 0.2) is 64.3 Å². The van der Waals surface area contributed by atoms with Crippen LogP contribution in [-0.4, -0.2) is 24.7 Å². The molecular formula is C21H19N5O3S. The van der Waals surface area contributed by atoms with E-state index in [9.17, 15) is 10.1 Å². The highest BCUT2D eigenvalue weighted by Crippen LogP contribution is 2.29. The molecule has 0 aliphatic carbocycles. The van der Waals surface area contributed by atoms with Crippen LogP contribution in [-0.2, 0) is 12.3 Å². The van der Waals surface area contributed by atoms with E-state index in [1.165, 1.54) is 29.5 Å². The lowest BCUT2D eigenvalue weighted by Crippen LogP contribution is -1.99. The van der Waals surface area contributed by atoms with Gasteiger partial charge in [-0.3, -0.25) is 10.1 Å². The third-order valence-electron chi connectivity index (χ3n) is 4.60. The summed E-state index contributed by atoms with van der Waals surface area (Å²) in [6.45, 7) is 4.95. The van der Waals surface area contributed by atoms with Gasteiger partial charge in [0.05, 0.1) is 22.6 Å². The molecular weight excluding hydrogens is 402 g/mol. The molecule has 0 N–H and O–H groups in total. The van der Waals surface area contributed by atoms with E-state index in [2.05, 4.69) is 57.9 Å². The first-order valence-electron chi connectivity index (χ1n) is 9.37. The summed E-state index contributed by atoms with van der Waals surface area (Å²) < 4.78 is 7.88. The summed E-state index contributed by atoms with van der Waals surface area (Å²) in [4.78, 5) is 14.9. The lowest BCUT2D eigenvalue weighted by Gasteiger charge is -2.09. The Balaban J connectivity index is 1.48. The molecule has 30 heavy (non-hydrogen) atoms. The van der Waals surface area contributed by atoms with Crippen molar-refractivity contribution in [2.75, 3.05) is 0 Å². The van der Waals surface area contributed by atoms with Crippen molar-refractivity contribution in [3.05, 3.63) is 76.3 Å². The first kappa shape index (κ1) is 19.8. The Hall–Kier alpha value is -3.46. The zero-order valence-corrected chi connectivity index (χ0v) is 17.3. The first-order valence-corrected chi connectivity index (χ1v) is 10.4. The number of imidazole rings is 1. The molecule has 0 saturated carbocycles. The molecule has 2 heterocycles. The monoisotopic (exact) mass is 421 g/mol. The zero-order chi connectivity index (χ0) is 21.1. The van der Waals surface area contributed by atoms with Crippen molar-refractivity contribution in [1.82, 2.24) is 19.7 Å². The van der Waals surface area contributed by atoms with Crippen molar-refractivity contribution < 1.29 is 9.34 Å². The highest BCUT2D eigenvalue weighted by Gasteiger charge is 2.15. The van der Waals surface area contributed by atoms with Crippen LogP contribution in [0.5, 0.6) is 0 Å². The molecule has 9 heteroatoms. The Morgan fingerprint density at radius 3 is 2.43 bits per heavy atom. The third-order valence-corrected chi connectivity index (χ3v) is 5.57. The van der Waals surface area contributed by atoms with Crippen LogP contribution in [0.1, 0.15) is 18.4 Å². The second kappa shape index (κ2) is 8.50. The van der Waals surface area contributed by atoms with Gasteiger partial charge in [0.1, 0.15) is 0 Å². The number of hydrogen-bond acceptors (Lipinski definition) is 7. The first-order chi connectivity index (χ1) is 14.5. The minimum absolute atomic E-state index is 0.0184. The Morgan fingerprint density at radius 2 is 1.77 bits per heavy atom. The van der Waals surface area contributed by atoms with Crippen molar-refractivity contribution in [3.8, 4) is 22.7 Å². The number of hydrogen-bond donors (Lipinski definition) is 0. The van der Waals surface area contributed by atoms with Gasteiger partial charge in [-0.05, 0) is 31.5 Å². The van der Waals surface area contributed by atoms with E-state index in [0.29, 0.717) is 23.1 Å². The fourth-order valence-corrected chi connectivity index (χ4v) is 3.89. The summed E-state index contributed by atoms with van der Waals surface area (Å²) in [5.41, 5.74) is 4.07. The molecule has 4 rings (SSSR count). The summed E-state index contributed by atoms with van der Waals surface area (Å²) in [5.74, 6) is 1.28. The smallest absolute Gasteiger partial charge is 0.269 e. The lowest BCUT2D eigenvalue weighted by molar-refractivity contribution is -0.384. The molecule has 0 spiro atoms. The molecule has 0 aliphatic heterocycles. The van der Waals surface area contributed by atoms with Gasteiger partial charge in [0.15, 0.2) is 5.16 Å². The number of nitro groups is 1. The maximum atomic E-state index is 10.8. The van der Waals surface area contributed by atoms with Gasteiger partial charge < -0.3 is 8.98 Å². The van der Waals surface area contributed by atoms with E-state index in [0.717, 1.165) is 23.0 Å². The molecule has 0 unspecified atom stereocenters. The van der Waals surface area contributed by atoms with Crippen LogP contribution in [0, 0.1) is 17.0 Å². The minimum Gasteiger partial charge on any atom is -0.420 e.